The van der Waals surface area contributed by atoms with Gasteiger partial charge in [0.25, 0.3) is 0 Å². The molecular weight excluding hydrogens is 343 g/mol. The third-order valence-corrected chi connectivity index (χ3v) is 3.26. The fourth-order valence-electron chi connectivity index (χ4n) is 2.09. The summed E-state index contributed by atoms with van der Waals surface area (Å²) in [7, 11) is 0. The van der Waals surface area contributed by atoms with Gasteiger partial charge in [0.2, 0.25) is 0 Å². The minimum atomic E-state index is -4.51. The molecule has 130 valence electrons. The highest BCUT2D eigenvalue weighted by Crippen LogP contribution is 2.31. The molecule has 0 aliphatic carbocycles. The maximum absolute atomic E-state index is 13.5. The Balaban J connectivity index is 2.51. The molecule has 25 heavy (non-hydrogen) atoms. The SMILES string of the molecule is O=C(O)C=CC=C(c1ccc(C(F)(F)F)cc1)c1ccc(F)c(F)c1. The van der Waals surface area contributed by atoms with Crippen molar-refractivity contribution in [2.24, 2.45) is 0 Å². The number of carboxylic acids is 1. The molecule has 0 saturated carbocycles. The third kappa shape index (κ3) is 4.76. The van der Waals surface area contributed by atoms with Crippen LogP contribution in [0.2, 0.25) is 0 Å². The molecule has 0 unspecified atom stereocenters. The summed E-state index contributed by atoms with van der Waals surface area (Å²) in [6.45, 7) is 0. The van der Waals surface area contributed by atoms with Crippen molar-refractivity contribution in [2.75, 3.05) is 0 Å². The van der Waals surface area contributed by atoms with E-state index in [1.54, 1.807) is 0 Å². The van der Waals surface area contributed by atoms with Gasteiger partial charge in [-0.05, 0) is 41.0 Å². The Kier molecular flexibility index (Phi) is 5.36. The number of hydrogen-bond donors (Lipinski definition) is 1. The number of halogens is 5. The Morgan fingerprint density at radius 1 is 0.920 bits per heavy atom. The smallest absolute Gasteiger partial charge is 0.416 e. The molecule has 7 heteroatoms. The second-order valence-corrected chi connectivity index (χ2v) is 4.98. The van der Waals surface area contributed by atoms with Crippen molar-refractivity contribution in [3.63, 3.8) is 0 Å². The number of alkyl halides is 3. The van der Waals surface area contributed by atoms with Gasteiger partial charge in [0, 0.05) is 6.08 Å². The van der Waals surface area contributed by atoms with Crippen LogP contribution >= 0.6 is 0 Å². The third-order valence-electron chi connectivity index (χ3n) is 3.26. The van der Waals surface area contributed by atoms with Crippen molar-refractivity contribution in [1.29, 1.82) is 0 Å². The molecule has 0 radical (unpaired) electrons. The first-order valence-electron chi connectivity index (χ1n) is 6.93. The fraction of sp³-hybridized carbons (Fsp3) is 0.0556. The van der Waals surface area contributed by atoms with Gasteiger partial charge in [-0.3, -0.25) is 0 Å². The number of allylic oxidation sites excluding steroid dienone is 2. The van der Waals surface area contributed by atoms with Crippen molar-refractivity contribution in [1.82, 2.24) is 0 Å². The van der Waals surface area contributed by atoms with Gasteiger partial charge in [-0.15, -0.1) is 0 Å². The highest BCUT2D eigenvalue weighted by atomic mass is 19.4. The summed E-state index contributed by atoms with van der Waals surface area (Å²) in [5.41, 5.74) is -0.144. The standard InChI is InChI=1S/C18H11F5O2/c19-15-9-6-12(10-16(15)20)14(2-1-3-17(24)25)11-4-7-13(8-5-11)18(21,22)23/h1-10H,(H,24,25). The maximum Gasteiger partial charge on any atom is 0.416 e. The van der Waals surface area contributed by atoms with Crippen LogP contribution in [0.3, 0.4) is 0 Å². The number of carbonyl (C=O) groups is 1. The van der Waals surface area contributed by atoms with Crippen LogP contribution < -0.4 is 0 Å². The van der Waals surface area contributed by atoms with Crippen LogP contribution in [-0.2, 0) is 11.0 Å². The Labute approximate surface area is 139 Å². The molecule has 0 aliphatic rings. The van der Waals surface area contributed by atoms with Crippen molar-refractivity contribution < 1.29 is 31.9 Å². The number of hydrogen-bond acceptors (Lipinski definition) is 1. The van der Waals surface area contributed by atoms with E-state index in [0.29, 0.717) is 0 Å². The highest BCUT2D eigenvalue weighted by molar-refractivity contribution is 5.84. The lowest BCUT2D eigenvalue weighted by Gasteiger charge is -2.11. The van der Waals surface area contributed by atoms with E-state index in [1.165, 1.54) is 24.3 Å². The minimum Gasteiger partial charge on any atom is -0.478 e. The fourth-order valence-corrected chi connectivity index (χ4v) is 2.09. The summed E-state index contributed by atoms with van der Waals surface area (Å²) in [6, 6.07) is 7.05. The molecule has 0 bridgehead atoms. The number of rotatable bonds is 4. The predicted octanol–water partition coefficient (Wildman–Crippen LogP) is 5.06. The second-order valence-electron chi connectivity index (χ2n) is 4.98. The molecule has 0 amide bonds. The molecule has 2 aromatic rings. The van der Waals surface area contributed by atoms with Gasteiger partial charge >= 0.3 is 12.1 Å². The van der Waals surface area contributed by atoms with E-state index in [2.05, 4.69) is 0 Å². The van der Waals surface area contributed by atoms with E-state index in [1.807, 2.05) is 0 Å². The summed E-state index contributed by atoms with van der Waals surface area (Å²) < 4.78 is 64.5. The van der Waals surface area contributed by atoms with E-state index in [4.69, 9.17) is 5.11 Å². The number of benzene rings is 2. The van der Waals surface area contributed by atoms with Crippen molar-refractivity contribution >= 4 is 11.5 Å². The molecule has 0 aliphatic heterocycles. The van der Waals surface area contributed by atoms with Crippen LogP contribution in [0, 0.1) is 11.6 Å². The van der Waals surface area contributed by atoms with E-state index in [-0.39, 0.29) is 16.7 Å². The monoisotopic (exact) mass is 354 g/mol. The molecule has 0 atom stereocenters. The lowest BCUT2D eigenvalue weighted by molar-refractivity contribution is -0.137. The first kappa shape index (κ1) is 18.4. The summed E-state index contributed by atoms with van der Waals surface area (Å²) in [5.74, 6) is -3.43. The summed E-state index contributed by atoms with van der Waals surface area (Å²) in [4.78, 5) is 10.6. The molecule has 0 fully saturated rings. The molecule has 0 aromatic heterocycles. The molecule has 2 aromatic carbocycles. The lowest BCUT2D eigenvalue weighted by Crippen LogP contribution is -2.04. The van der Waals surface area contributed by atoms with Crippen LogP contribution in [0.25, 0.3) is 5.57 Å². The molecular formula is C18H11F5O2. The van der Waals surface area contributed by atoms with E-state index < -0.39 is 29.3 Å². The maximum atomic E-state index is 13.5. The van der Waals surface area contributed by atoms with E-state index in [9.17, 15) is 26.7 Å². The summed E-state index contributed by atoms with van der Waals surface area (Å²) >= 11 is 0. The predicted molar refractivity (Wildman–Crippen MR) is 81.7 cm³/mol. The van der Waals surface area contributed by atoms with E-state index in [0.717, 1.165) is 36.4 Å². The zero-order valence-corrected chi connectivity index (χ0v) is 12.5. The highest BCUT2D eigenvalue weighted by Gasteiger charge is 2.30. The largest absolute Gasteiger partial charge is 0.478 e. The Hall–Kier alpha value is -2.96. The van der Waals surface area contributed by atoms with Gasteiger partial charge in [0.15, 0.2) is 11.6 Å². The van der Waals surface area contributed by atoms with Crippen molar-refractivity contribution in [3.05, 3.63) is 89.0 Å². The van der Waals surface area contributed by atoms with Gasteiger partial charge in [0.1, 0.15) is 0 Å². The zero-order chi connectivity index (χ0) is 18.6. The number of aliphatic carboxylic acids is 1. The van der Waals surface area contributed by atoms with Gasteiger partial charge in [-0.1, -0.05) is 30.4 Å². The van der Waals surface area contributed by atoms with Crippen LogP contribution in [-0.4, -0.2) is 11.1 Å². The normalized spacial score (nSPS) is 12.6. The Morgan fingerprint density at radius 3 is 2.04 bits per heavy atom. The average molecular weight is 354 g/mol. The average Bonchev–Trinajstić information content (AvgIpc) is 2.53. The van der Waals surface area contributed by atoms with Crippen LogP contribution in [0.15, 0.2) is 60.7 Å². The minimum absolute atomic E-state index is 0.189. The first-order chi connectivity index (χ1) is 11.7. The Bertz CT molecular complexity index is 834. The molecule has 2 rings (SSSR count). The zero-order valence-electron chi connectivity index (χ0n) is 12.5. The van der Waals surface area contributed by atoms with Crippen LogP contribution in [0.5, 0.6) is 0 Å². The van der Waals surface area contributed by atoms with Crippen LogP contribution in [0.1, 0.15) is 16.7 Å². The lowest BCUT2D eigenvalue weighted by atomic mass is 9.96. The van der Waals surface area contributed by atoms with Crippen LogP contribution in [0.4, 0.5) is 22.0 Å². The van der Waals surface area contributed by atoms with Gasteiger partial charge in [-0.2, -0.15) is 13.2 Å². The molecule has 2 nitrogen and oxygen atoms in total. The quantitative estimate of drug-likeness (QED) is 0.474. The van der Waals surface area contributed by atoms with Crippen molar-refractivity contribution in [3.8, 4) is 0 Å². The van der Waals surface area contributed by atoms with Gasteiger partial charge in [0.05, 0.1) is 5.56 Å². The second kappa shape index (κ2) is 7.29. The molecule has 0 saturated heterocycles. The van der Waals surface area contributed by atoms with Crippen molar-refractivity contribution in [2.45, 2.75) is 6.18 Å². The molecule has 0 heterocycles. The van der Waals surface area contributed by atoms with E-state index >= 15 is 0 Å². The summed E-state index contributed by atoms with van der Waals surface area (Å²) in [6.07, 6.45) is -1.25. The first-order valence-corrected chi connectivity index (χ1v) is 6.93. The van der Waals surface area contributed by atoms with Gasteiger partial charge in [-0.25, -0.2) is 13.6 Å². The summed E-state index contributed by atoms with van der Waals surface area (Å²) in [5, 5.41) is 8.62. The number of carboxylic acid groups (broad SMARTS) is 1. The topological polar surface area (TPSA) is 37.3 Å². The van der Waals surface area contributed by atoms with Gasteiger partial charge < -0.3 is 5.11 Å². The molecule has 0 spiro atoms. The Morgan fingerprint density at radius 2 is 1.52 bits per heavy atom. The molecule has 1 N–H and O–H groups in total.